The molecule has 19 heavy (non-hydrogen) atoms. The summed E-state index contributed by atoms with van der Waals surface area (Å²) in [5, 5.41) is 3.91. The van der Waals surface area contributed by atoms with Crippen LogP contribution in [0.2, 0.25) is 0 Å². The third-order valence-electron chi connectivity index (χ3n) is 2.16. The molecule has 0 fully saturated rings. The maximum atomic E-state index is 11.3. The van der Waals surface area contributed by atoms with Crippen LogP contribution in [0.4, 0.5) is 0 Å². The Bertz CT molecular complexity index is 653. The van der Waals surface area contributed by atoms with Crippen molar-refractivity contribution in [3.63, 3.8) is 0 Å². The summed E-state index contributed by atoms with van der Waals surface area (Å²) in [6.07, 6.45) is 1.31. The second kappa shape index (κ2) is 5.06. The number of esters is 1. The van der Waals surface area contributed by atoms with E-state index < -0.39 is 5.97 Å². The lowest BCUT2D eigenvalue weighted by Gasteiger charge is -2.03. The van der Waals surface area contributed by atoms with E-state index in [0.29, 0.717) is 11.4 Å². The SMILES string of the molecule is COC(=O)c1ncn(-c2nc(C)cc(C(N)=S)n2)n1. The summed E-state index contributed by atoms with van der Waals surface area (Å²) >= 11 is 4.86. The van der Waals surface area contributed by atoms with Crippen molar-refractivity contribution in [2.45, 2.75) is 6.92 Å². The Kier molecular flexibility index (Phi) is 3.47. The topological polar surface area (TPSA) is 109 Å². The highest BCUT2D eigenvalue weighted by molar-refractivity contribution is 7.80. The first kappa shape index (κ1) is 13.0. The number of ether oxygens (including phenoxy) is 1. The molecule has 0 atom stereocenters. The summed E-state index contributed by atoms with van der Waals surface area (Å²) in [7, 11) is 1.25. The zero-order valence-electron chi connectivity index (χ0n) is 10.2. The second-order valence-corrected chi connectivity index (χ2v) is 4.00. The summed E-state index contributed by atoms with van der Waals surface area (Å²) in [6.45, 7) is 1.77. The number of hydrogen-bond acceptors (Lipinski definition) is 7. The molecule has 0 unspecified atom stereocenters. The summed E-state index contributed by atoms with van der Waals surface area (Å²) in [4.78, 5) is 23.5. The van der Waals surface area contributed by atoms with Crippen molar-refractivity contribution in [2.24, 2.45) is 5.73 Å². The van der Waals surface area contributed by atoms with Crippen LogP contribution in [0.1, 0.15) is 22.0 Å². The first-order valence-corrected chi connectivity index (χ1v) is 5.58. The molecule has 2 aromatic heterocycles. The molecule has 0 spiro atoms. The van der Waals surface area contributed by atoms with Gasteiger partial charge in [0.05, 0.1) is 7.11 Å². The fourth-order valence-electron chi connectivity index (χ4n) is 1.33. The van der Waals surface area contributed by atoms with Crippen LogP contribution in [0.5, 0.6) is 0 Å². The van der Waals surface area contributed by atoms with Gasteiger partial charge in [-0.3, -0.25) is 0 Å². The molecule has 0 aliphatic heterocycles. The van der Waals surface area contributed by atoms with Crippen molar-refractivity contribution < 1.29 is 9.53 Å². The van der Waals surface area contributed by atoms with Gasteiger partial charge in [0.15, 0.2) is 0 Å². The molecular formula is C10H10N6O2S. The zero-order valence-corrected chi connectivity index (χ0v) is 11.0. The molecule has 9 heteroatoms. The van der Waals surface area contributed by atoms with Crippen LogP contribution in [0, 0.1) is 6.92 Å². The second-order valence-electron chi connectivity index (χ2n) is 3.56. The van der Waals surface area contributed by atoms with E-state index >= 15 is 0 Å². The Morgan fingerprint density at radius 3 is 2.84 bits per heavy atom. The van der Waals surface area contributed by atoms with E-state index in [-0.39, 0.29) is 16.8 Å². The van der Waals surface area contributed by atoms with Gasteiger partial charge < -0.3 is 10.5 Å². The number of hydrogen-bond donors (Lipinski definition) is 1. The van der Waals surface area contributed by atoms with E-state index in [4.69, 9.17) is 18.0 Å². The Morgan fingerprint density at radius 2 is 2.21 bits per heavy atom. The highest BCUT2D eigenvalue weighted by Gasteiger charge is 2.14. The fourth-order valence-corrected chi connectivity index (χ4v) is 1.43. The lowest BCUT2D eigenvalue weighted by Crippen LogP contribution is -2.15. The number of methoxy groups -OCH3 is 1. The predicted octanol–water partition coefficient (Wildman–Crippen LogP) is -0.213. The lowest BCUT2D eigenvalue weighted by atomic mass is 10.3. The molecule has 0 amide bonds. The molecule has 0 bridgehead atoms. The summed E-state index contributed by atoms with van der Waals surface area (Å²) in [6, 6.07) is 1.66. The van der Waals surface area contributed by atoms with Crippen molar-refractivity contribution in [3.8, 4) is 5.95 Å². The number of nitrogens with two attached hydrogens (primary N) is 1. The number of aryl methyl sites for hydroxylation is 1. The number of thiocarbonyl (C=S) groups is 1. The van der Waals surface area contributed by atoms with Gasteiger partial charge in [-0.2, -0.15) is 4.68 Å². The molecule has 98 valence electrons. The highest BCUT2D eigenvalue weighted by Crippen LogP contribution is 2.05. The molecule has 0 aromatic carbocycles. The van der Waals surface area contributed by atoms with Crippen molar-refractivity contribution in [1.29, 1.82) is 0 Å². The Balaban J connectivity index is 2.44. The number of aromatic nitrogens is 5. The predicted molar refractivity (Wildman–Crippen MR) is 68.9 cm³/mol. The highest BCUT2D eigenvalue weighted by atomic mass is 32.1. The molecule has 0 radical (unpaired) electrons. The van der Waals surface area contributed by atoms with Gasteiger partial charge in [0.2, 0.25) is 0 Å². The molecule has 2 heterocycles. The van der Waals surface area contributed by atoms with Crippen LogP contribution in [0.3, 0.4) is 0 Å². The normalized spacial score (nSPS) is 10.2. The quantitative estimate of drug-likeness (QED) is 0.606. The standard InChI is InChI=1S/C10H10N6O2S/c1-5-3-6(7(11)19)14-10(13-5)16-4-12-8(15-16)9(17)18-2/h3-4H,1-2H3,(H2,11,19). The average Bonchev–Trinajstić information content (AvgIpc) is 2.86. The molecule has 2 N–H and O–H groups in total. The van der Waals surface area contributed by atoms with Crippen LogP contribution in [0.15, 0.2) is 12.4 Å². The largest absolute Gasteiger partial charge is 0.463 e. The van der Waals surface area contributed by atoms with E-state index in [9.17, 15) is 4.79 Å². The van der Waals surface area contributed by atoms with E-state index in [1.54, 1.807) is 13.0 Å². The first-order chi connectivity index (χ1) is 9.01. The number of rotatable bonds is 3. The maximum Gasteiger partial charge on any atom is 0.377 e. The minimum atomic E-state index is -0.638. The minimum Gasteiger partial charge on any atom is -0.463 e. The number of nitrogens with zero attached hydrogens (tertiary/aromatic N) is 5. The van der Waals surface area contributed by atoms with Crippen LogP contribution >= 0.6 is 12.2 Å². The van der Waals surface area contributed by atoms with Gasteiger partial charge in [0.25, 0.3) is 11.8 Å². The van der Waals surface area contributed by atoms with E-state index in [2.05, 4.69) is 24.8 Å². The minimum absolute atomic E-state index is 0.0792. The first-order valence-electron chi connectivity index (χ1n) is 5.17. The Morgan fingerprint density at radius 1 is 1.47 bits per heavy atom. The van der Waals surface area contributed by atoms with Gasteiger partial charge in [0.1, 0.15) is 17.0 Å². The van der Waals surface area contributed by atoms with Gasteiger partial charge in [0, 0.05) is 5.69 Å². The van der Waals surface area contributed by atoms with Gasteiger partial charge in [-0.15, -0.1) is 5.10 Å². The van der Waals surface area contributed by atoms with Gasteiger partial charge in [-0.05, 0) is 13.0 Å². The van der Waals surface area contributed by atoms with E-state index in [0.717, 1.165) is 0 Å². The van der Waals surface area contributed by atoms with Crippen molar-refractivity contribution in [3.05, 3.63) is 29.6 Å². The van der Waals surface area contributed by atoms with Crippen molar-refractivity contribution >= 4 is 23.2 Å². The number of carbonyl (C=O) groups excluding carboxylic acids is 1. The average molecular weight is 278 g/mol. The van der Waals surface area contributed by atoms with Crippen LogP contribution in [0.25, 0.3) is 5.95 Å². The summed E-state index contributed by atoms with van der Waals surface area (Å²) in [5.74, 6) is -0.490. The van der Waals surface area contributed by atoms with Crippen LogP contribution < -0.4 is 5.73 Å². The van der Waals surface area contributed by atoms with Crippen LogP contribution in [-0.4, -0.2) is 42.8 Å². The smallest absolute Gasteiger partial charge is 0.377 e. The van der Waals surface area contributed by atoms with Crippen molar-refractivity contribution in [2.75, 3.05) is 7.11 Å². The Labute approximate surface area is 113 Å². The summed E-state index contributed by atoms with van der Waals surface area (Å²) < 4.78 is 5.76. The molecule has 2 aromatic rings. The molecule has 2 rings (SSSR count). The molecule has 8 nitrogen and oxygen atoms in total. The van der Waals surface area contributed by atoms with Crippen LogP contribution in [-0.2, 0) is 4.74 Å². The van der Waals surface area contributed by atoms with Crippen molar-refractivity contribution in [1.82, 2.24) is 24.7 Å². The van der Waals surface area contributed by atoms with E-state index in [1.165, 1.54) is 18.1 Å². The van der Waals surface area contributed by atoms with E-state index in [1.807, 2.05) is 0 Å². The third kappa shape index (κ3) is 2.71. The molecular weight excluding hydrogens is 268 g/mol. The molecule has 0 saturated heterocycles. The maximum absolute atomic E-state index is 11.3. The van der Waals surface area contributed by atoms with Gasteiger partial charge >= 0.3 is 5.97 Å². The van der Waals surface area contributed by atoms with Gasteiger partial charge in [-0.1, -0.05) is 12.2 Å². The fraction of sp³-hybridized carbons (Fsp3) is 0.200. The summed E-state index contributed by atoms with van der Waals surface area (Å²) in [5.41, 5.74) is 6.62. The molecule has 0 aliphatic carbocycles. The third-order valence-corrected chi connectivity index (χ3v) is 2.37. The number of carbonyl (C=O) groups is 1. The monoisotopic (exact) mass is 278 g/mol. The Hall–Kier alpha value is -2.42. The molecule has 0 saturated carbocycles. The van der Waals surface area contributed by atoms with Gasteiger partial charge in [-0.25, -0.2) is 19.7 Å². The zero-order chi connectivity index (χ0) is 14.0. The molecule has 0 aliphatic rings. The lowest BCUT2D eigenvalue weighted by molar-refractivity contribution is 0.0587.